The maximum atomic E-state index is 13.1. The van der Waals surface area contributed by atoms with Gasteiger partial charge < -0.3 is 11.1 Å². The Kier molecular flexibility index (Phi) is 5.41. The second kappa shape index (κ2) is 7.49. The lowest BCUT2D eigenvalue weighted by Crippen LogP contribution is -2.37. The number of hydrogen-bond acceptors (Lipinski definition) is 2. The van der Waals surface area contributed by atoms with Crippen LogP contribution in [0.2, 0.25) is 0 Å². The quantitative estimate of drug-likeness (QED) is 0.857. The van der Waals surface area contributed by atoms with Crippen molar-refractivity contribution >= 4 is 11.8 Å². The van der Waals surface area contributed by atoms with Gasteiger partial charge in [-0.25, -0.2) is 8.78 Å². The summed E-state index contributed by atoms with van der Waals surface area (Å²) < 4.78 is 25.9. The molecule has 4 nitrogen and oxygen atoms in total. The van der Waals surface area contributed by atoms with Crippen molar-refractivity contribution in [3.8, 4) is 0 Å². The van der Waals surface area contributed by atoms with E-state index in [-0.39, 0.29) is 12.8 Å². The van der Waals surface area contributed by atoms with E-state index < -0.39 is 29.5 Å². The van der Waals surface area contributed by atoms with E-state index >= 15 is 0 Å². The van der Waals surface area contributed by atoms with Crippen molar-refractivity contribution < 1.29 is 18.4 Å². The van der Waals surface area contributed by atoms with Gasteiger partial charge in [-0.2, -0.15) is 0 Å². The molecule has 120 valence electrons. The highest BCUT2D eigenvalue weighted by Gasteiger charge is 2.19. The average molecular weight is 318 g/mol. The minimum atomic E-state index is -0.956. The molecule has 0 aliphatic carbocycles. The predicted molar refractivity (Wildman–Crippen MR) is 81.2 cm³/mol. The molecule has 0 fully saturated rings. The first-order valence-electron chi connectivity index (χ1n) is 7.05. The van der Waals surface area contributed by atoms with E-state index in [1.54, 1.807) is 30.3 Å². The summed E-state index contributed by atoms with van der Waals surface area (Å²) >= 11 is 0. The van der Waals surface area contributed by atoms with E-state index in [2.05, 4.69) is 5.32 Å². The largest absolute Gasteiger partial charge is 0.368 e. The zero-order chi connectivity index (χ0) is 16.8. The lowest BCUT2D eigenvalue weighted by Gasteiger charge is -2.15. The number of nitrogens with one attached hydrogen (secondary N) is 1. The molecule has 0 aliphatic heterocycles. The summed E-state index contributed by atoms with van der Waals surface area (Å²) in [5.41, 5.74) is 6.40. The highest BCUT2D eigenvalue weighted by Crippen LogP contribution is 2.13. The Hall–Kier alpha value is -2.76. The summed E-state index contributed by atoms with van der Waals surface area (Å²) in [5.74, 6) is -2.96. The number of rotatable bonds is 6. The van der Waals surface area contributed by atoms with Crippen LogP contribution in [0, 0.1) is 11.6 Å². The van der Waals surface area contributed by atoms with Crippen LogP contribution in [0.15, 0.2) is 48.5 Å². The predicted octanol–water partition coefficient (Wildman–Crippen LogP) is 2.24. The fourth-order valence-electron chi connectivity index (χ4n) is 2.15. The van der Waals surface area contributed by atoms with E-state index in [0.717, 1.165) is 12.1 Å². The van der Waals surface area contributed by atoms with E-state index in [9.17, 15) is 18.4 Å². The summed E-state index contributed by atoms with van der Waals surface area (Å²) in [7, 11) is 0. The molecule has 0 spiro atoms. The van der Waals surface area contributed by atoms with Gasteiger partial charge in [0.1, 0.15) is 6.04 Å². The number of carbonyl (C=O) groups is 2. The number of halogens is 2. The van der Waals surface area contributed by atoms with Crippen molar-refractivity contribution in [3.63, 3.8) is 0 Å². The summed E-state index contributed by atoms with van der Waals surface area (Å²) in [6, 6.07) is 11.2. The van der Waals surface area contributed by atoms with Gasteiger partial charge in [0, 0.05) is 6.42 Å². The van der Waals surface area contributed by atoms with Gasteiger partial charge in [0.2, 0.25) is 11.8 Å². The lowest BCUT2D eigenvalue weighted by atomic mass is 10.1. The van der Waals surface area contributed by atoms with Crippen molar-refractivity contribution in [2.75, 3.05) is 0 Å². The highest BCUT2D eigenvalue weighted by molar-refractivity contribution is 5.87. The molecule has 1 atom stereocenters. The Morgan fingerprint density at radius 1 is 1.04 bits per heavy atom. The molecule has 0 bridgehead atoms. The number of carbonyl (C=O) groups excluding carboxylic acids is 2. The number of aryl methyl sites for hydroxylation is 1. The molecule has 0 aromatic heterocycles. The maximum absolute atomic E-state index is 13.1. The standard InChI is InChI=1S/C17H16F2N2O2/c18-13-8-6-11(10-14(13)19)7-9-15(22)21-16(17(20)23)12-4-2-1-3-5-12/h1-6,8,10,16H,7,9H2,(H2,20,23)(H,21,22). The van der Waals surface area contributed by atoms with Gasteiger partial charge in [0.25, 0.3) is 0 Å². The molecule has 1 unspecified atom stereocenters. The van der Waals surface area contributed by atoms with Crippen molar-refractivity contribution in [2.24, 2.45) is 5.73 Å². The molecule has 0 saturated carbocycles. The summed E-state index contributed by atoms with van der Waals surface area (Å²) in [5, 5.41) is 2.55. The van der Waals surface area contributed by atoms with Crippen LogP contribution in [0.1, 0.15) is 23.6 Å². The Morgan fingerprint density at radius 2 is 1.74 bits per heavy atom. The Labute approximate surface area is 132 Å². The third-order valence-electron chi connectivity index (χ3n) is 3.35. The van der Waals surface area contributed by atoms with Crippen molar-refractivity contribution in [1.82, 2.24) is 5.32 Å². The number of amides is 2. The normalized spacial score (nSPS) is 11.7. The molecule has 6 heteroatoms. The molecule has 3 N–H and O–H groups in total. The molecular weight excluding hydrogens is 302 g/mol. The van der Waals surface area contributed by atoms with E-state index in [4.69, 9.17) is 5.73 Å². The van der Waals surface area contributed by atoms with Gasteiger partial charge in [-0.05, 0) is 29.7 Å². The molecule has 0 aliphatic rings. The van der Waals surface area contributed by atoms with Gasteiger partial charge in [-0.1, -0.05) is 36.4 Å². The summed E-state index contributed by atoms with van der Waals surface area (Å²) in [6.07, 6.45) is 0.255. The fraction of sp³-hybridized carbons (Fsp3) is 0.176. The highest BCUT2D eigenvalue weighted by atomic mass is 19.2. The maximum Gasteiger partial charge on any atom is 0.244 e. The van der Waals surface area contributed by atoms with Gasteiger partial charge in [0.05, 0.1) is 0 Å². The zero-order valence-electron chi connectivity index (χ0n) is 12.3. The van der Waals surface area contributed by atoms with Crippen LogP contribution in [-0.4, -0.2) is 11.8 Å². The van der Waals surface area contributed by atoms with Crippen LogP contribution >= 0.6 is 0 Å². The minimum Gasteiger partial charge on any atom is -0.368 e. The van der Waals surface area contributed by atoms with Gasteiger partial charge in [-0.15, -0.1) is 0 Å². The number of hydrogen-bond donors (Lipinski definition) is 2. The van der Waals surface area contributed by atoms with Gasteiger partial charge >= 0.3 is 0 Å². The van der Waals surface area contributed by atoms with E-state index in [1.807, 2.05) is 0 Å². The third-order valence-corrected chi connectivity index (χ3v) is 3.35. The van der Waals surface area contributed by atoms with Crippen molar-refractivity contribution in [2.45, 2.75) is 18.9 Å². The van der Waals surface area contributed by atoms with E-state index in [0.29, 0.717) is 11.1 Å². The lowest BCUT2D eigenvalue weighted by molar-refractivity contribution is -0.127. The summed E-state index contributed by atoms with van der Waals surface area (Å²) in [4.78, 5) is 23.5. The zero-order valence-corrected chi connectivity index (χ0v) is 12.3. The summed E-state index contributed by atoms with van der Waals surface area (Å²) in [6.45, 7) is 0. The fourth-order valence-corrected chi connectivity index (χ4v) is 2.15. The molecular formula is C17H16F2N2O2. The molecule has 0 saturated heterocycles. The van der Waals surface area contributed by atoms with Crippen LogP contribution in [-0.2, 0) is 16.0 Å². The monoisotopic (exact) mass is 318 g/mol. The molecule has 0 radical (unpaired) electrons. The van der Waals surface area contributed by atoms with Crippen LogP contribution in [0.4, 0.5) is 8.78 Å². The van der Waals surface area contributed by atoms with Crippen LogP contribution in [0.25, 0.3) is 0 Å². The van der Waals surface area contributed by atoms with Gasteiger partial charge in [0.15, 0.2) is 11.6 Å². The molecule has 2 aromatic rings. The van der Waals surface area contributed by atoms with Crippen molar-refractivity contribution in [3.05, 3.63) is 71.3 Å². The molecule has 23 heavy (non-hydrogen) atoms. The number of nitrogens with two attached hydrogens (primary N) is 1. The van der Waals surface area contributed by atoms with Crippen LogP contribution < -0.4 is 11.1 Å². The second-order valence-electron chi connectivity index (χ2n) is 5.06. The number of primary amides is 1. The Balaban J connectivity index is 1.97. The van der Waals surface area contributed by atoms with E-state index in [1.165, 1.54) is 6.07 Å². The first-order valence-corrected chi connectivity index (χ1v) is 7.05. The van der Waals surface area contributed by atoms with Crippen molar-refractivity contribution in [1.29, 1.82) is 0 Å². The first-order chi connectivity index (χ1) is 11.0. The average Bonchev–Trinajstić information content (AvgIpc) is 2.54. The second-order valence-corrected chi connectivity index (χ2v) is 5.06. The molecule has 2 amide bonds. The molecule has 2 aromatic carbocycles. The topological polar surface area (TPSA) is 72.2 Å². The minimum absolute atomic E-state index is 0.0295. The SMILES string of the molecule is NC(=O)C(NC(=O)CCc1ccc(F)c(F)c1)c1ccccc1. The third kappa shape index (κ3) is 4.60. The Morgan fingerprint density at radius 3 is 2.35 bits per heavy atom. The Bertz CT molecular complexity index is 705. The van der Waals surface area contributed by atoms with Crippen LogP contribution in [0.5, 0.6) is 0 Å². The smallest absolute Gasteiger partial charge is 0.244 e. The molecule has 2 rings (SSSR count). The molecule has 0 heterocycles. The number of benzene rings is 2. The first kappa shape index (κ1) is 16.6. The van der Waals surface area contributed by atoms with Crippen LogP contribution in [0.3, 0.4) is 0 Å². The van der Waals surface area contributed by atoms with Gasteiger partial charge in [-0.3, -0.25) is 9.59 Å².